The largest absolute Gasteiger partial charge is 0.440 e. The molecule has 0 fully saturated rings. The van der Waals surface area contributed by atoms with Crippen molar-refractivity contribution in [3.05, 3.63) is 65.1 Å². The fraction of sp³-hybridized carbons (Fsp3) is 0.222. The van der Waals surface area contributed by atoms with Gasteiger partial charge >= 0.3 is 0 Å². The smallest absolute Gasteiger partial charge is 0.251 e. The number of amides is 1. The third kappa shape index (κ3) is 3.27. The lowest BCUT2D eigenvalue weighted by molar-refractivity contribution is 0.0950. The van der Waals surface area contributed by atoms with E-state index in [-0.39, 0.29) is 23.9 Å². The van der Waals surface area contributed by atoms with Crippen LogP contribution in [0.15, 0.2) is 40.8 Å². The highest BCUT2D eigenvalue weighted by atomic mass is 19.1. The number of oxazole rings is 1. The number of nitrogens with one attached hydrogen (secondary N) is 1. The fourth-order valence-electron chi connectivity index (χ4n) is 2.28. The Bertz CT molecular complexity index is 903. The van der Waals surface area contributed by atoms with Gasteiger partial charge in [0.05, 0.1) is 0 Å². The predicted molar refractivity (Wildman–Crippen MR) is 85.6 cm³/mol. The summed E-state index contributed by atoms with van der Waals surface area (Å²) in [5, 5.41) is 2.61. The maximum Gasteiger partial charge on any atom is 0.251 e. The molecule has 3 aromatic rings. The lowest BCUT2D eigenvalue weighted by Crippen LogP contribution is -2.23. The van der Waals surface area contributed by atoms with Gasteiger partial charge in [-0.1, -0.05) is 19.9 Å². The molecule has 0 atom stereocenters. The van der Waals surface area contributed by atoms with Gasteiger partial charge in [0.25, 0.3) is 5.91 Å². The number of fused-ring (bicyclic) bond motifs is 1. The Morgan fingerprint density at radius 2 is 2.00 bits per heavy atom. The number of hydrogen-bond acceptors (Lipinski definition) is 3. The minimum Gasteiger partial charge on any atom is -0.440 e. The van der Waals surface area contributed by atoms with E-state index in [0.29, 0.717) is 22.6 Å². The van der Waals surface area contributed by atoms with Crippen LogP contribution < -0.4 is 5.32 Å². The SMILES string of the molecule is CC(C)c1nc2cc(C(=O)NCc3ccc(F)cc3F)ccc2o1. The molecule has 0 aliphatic carbocycles. The summed E-state index contributed by atoms with van der Waals surface area (Å²) in [6, 6.07) is 8.17. The van der Waals surface area contributed by atoms with Crippen LogP contribution in [0.3, 0.4) is 0 Å². The van der Waals surface area contributed by atoms with Gasteiger partial charge in [-0.3, -0.25) is 4.79 Å². The first-order valence-corrected chi connectivity index (χ1v) is 7.56. The molecule has 124 valence electrons. The van der Waals surface area contributed by atoms with E-state index in [1.807, 2.05) is 13.8 Å². The van der Waals surface area contributed by atoms with Gasteiger partial charge in [-0.2, -0.15) is 0 Å². The van der Waals surface area contributed by atoms with Crippen molar-refractivity contribution in [3.63, 3.8) is 0 Å². The van der Waals surface area contributed by atoms with Gasteiger partial charge in [-0.25, -0.2) is 13.8 Å². The number of carbonyl (C=O) groups is 1. The summed E-state index contributed by atoms with van der Waals surface area (Å²) in [6.07, 6.45) is 0. The Balaban J connectivity index is 1.75. The van der Waals surface area contributed by atoms with Crippen LogP contribution >= 0.6 is 0 Å². The first-order valence-electron chi connectivity index (χ1n) is 7.56. The van der Waals surface area contributed by atoms with E-state index in [1.165, 1.54) is 6.07 Å². The Kier molecular flexibility index (Phi) is 4.29. The quantitative estimate of drug-likeness (QED) is 0.781. The lowest BCUT2D eigenvalue weighted by atomic mass is 10.1. The highest BCUT2D eigenvalue weighted by Gasteiger charge is 2.13. The highest BCUT2D eigenvalue weighted by Crippen LogP contribution is 2.22. The fourth-order valence-corrected chi connectivity index (χ4v) is 2.28. The first kappa shape index (κ1) is 16.1. The zero-order chi connectivity index (χ0) is 17.3. The maximum absolute atomic E-state index is 13.6. The van der Waals surface area contributed by atoms with Crippen LogP contribution in [0.1, 0.15) is 41.6 Å². The van der Waals surface area contributed by atoms with E-state index in [4.69, 9.17) is 4.42 Å². The number of aromatic nitrogens is 1. The minimum atomic E-state index is -0.691. The number of hydrogen-bond donors (Lipinski definition) is 1. The summed E-state index contributed by atoms with van der Waals surface area (Å²) in [5.41, 5.74) is 1.82. The molecular weight excluding hydrogens is 314 g/mol. The van der Waals surface area contributed by atoms with Crippen molar-refractivity contribution < 1.29 is 18.0 Å². The molecule has 0 spiro atoms. The molecule has 6 heteroatoms. The van der Waals surface area contributed by atoms with E-state index in [9.17, 15) is 13.6 Å². The molecule has 0 bridgehead atoms. The number of rotatable bonds is 4. The van der Waals surface area contributed by atoms with Crippen molar-refractivity contribution in [2.24, 2.45) is 0 Å². The summed E-state index contributed by atoms with van der Waals surface area (Å²) < 4.78 is 32.0. The average molecular weight is 330 g/mol. The number of benzene rings is 2. The molecule has 1 heterocycles. The Labute approximate surface area is 137 Å². The molecule has 0 saturated carbocycles. The van der Waals surface area contributed by atoms with E-state index in [0.717, 1.165) is 12.1 Å². The van der Waals surface area contributed by atoms with E-state index in [1.54, 1.807) is 18.2 Å². The normalized spacial score (nSPS) is 11.2. The molecular formula is C18H16F2N2O2. The molecule has 1 amide bonds. The van der Waals surface area contributed by atoms with Gasteiger partial charge in [-0.15, -0.1) is 0 Å². The molecule has 24 heavy (non-hydrogen) atoms. The van der Waals surface area contributed by atoms with Crippen molar-refractivity contribution in [1.29, 1.82) is 0 Å². The molecule has 0 unspecified atom stereocenters. The highest BCUT2D eigenvalue weighted by molar-refractivity contribution is 5.97. The van der Waals surface area contributed by atoms with E-state index in [2.05, 4.69) is 10.3 Å². The van der Waals surface area contributed by atoms with Gasteiger partial charge in [0, 0.05) is 29.7 Å². The van der Waals surface area contributed by atoms with Gasteiger partial charge in [0.1, 0.15) is 17.2 Å². The summed E-state index contributed by atoms with van der Waals surface area (Å²) in [7, 11) is 0. The second-order valence-corrected chi connectivity index (χ2v) is 5.81. The van der Waals surface area contributed by atoms with Crippen LogP contribution in [0.4, 0.5) is 8.78 Å². The van der Waals surface area contributed by atoms with Crippen molar-refractivity contribution >= 4 is 17.0 Å². The number of nitrogens with zero attached hydrogens (tertiary/aromatic N) is 1. The third-order valence-corrected chi connectivity index (χ3v) is 3.61. The molecule has 1 N–H and O–H groups in total. The molecule has 2 aromatic carbocycles. The summed E-state index contributed by atoms with van der Waals surface area (Å²) in [6.45, 7) is 3.91. The van der Waals surface area contributed by atoms with E-state index >= 15 is 0 Å². The topological polar surface area (TPSA) is 55.1 Å². The van der Waals surface area contributed by atoms with Gasteiger partial charge < -0.3 is 9.73 Å². The molecule has 1 aromatic heterocycles. The van der Waals surface area contributed by atoms with Crippen LogP contribution in [0.2, 0.25) is 0 Å². The van der Waals surface area contributed by atoms with Gasteiger partial charge in [0.15, 0.2) is 11.5 Å². The third-order valence-electron chi connectivity index (χ3n) is 3.61. The molecule has 4 nitrogen and oxygen atoms in total. The van der Waals surface area contributed by atoms with Gasteiger partial charge in [-0.05, 0) is 24.3 Å². The summed E-state index contributed by atoms with van der Waals surface area (Å²) in [4.78, 5) is 16.6. The Morgan fingerprint density at radius 1 is 1.21 bits per heavy atom. The predicted octanol–water partition coefficient (Wildman–Crippen LogP) is 4.16. The minimum absolute atomic E-state index is 0.0287. The summed E-state index contributed by atoms with van der Waals surface area (Å²) >= 11 is 0. The van der Waals surface area contributed by atoms with Crippen molar-refractivity contribution in [2.45, 2.75) is 26.3 Å². The monoisotopic (exact) mass is 330 g/mol. The summed E-state index contributed by atoms with van der Waals surface area (Å²) in [5.74, 6) is -0.953. The van der Waals surface area contributed by atoms with Crippen LogP contribution in [-0.2, 0) is 6.54 Å². The van der Waals surface area contributed by atoms with Crippen LogP contribution in [0, 0.1) is 11.6 Å². The number of carbonyl (C=O) groups excluding carboxylic acids is 1. The average Bonchev–Trinajstić information content (AvgIpc) is 2.97. The second-order valence-electron chi connectivity index (χ2n) is 5.81. The van der Waals surface area contributed by atoms with Crippen LogP contribution in [-0.4, -0.2) is 10.9 Å². The Hall–Kier alpha value is -2.76. The first-order chi connectivity index (χ1) is 11.4. The zero-order valence-electron chi connectivity index (χ0n) is 13.3. The Morgan fingerprint density at radius 3 is 2.71 bits per heavy atom. The standard InChI is InChI=1S/C18H16F2N2O2/c1-10(2)18-22-15-7-11(4-6-16(15)24-18)17(23)21-9-12-3-5-13(19)8-14(12)20/h3-8,10H,9H2,1-2H3,(H,21,23). The lowest BCUT2D eigenvalue weighted by Gasteiger charge is -2.06. The van der Waals surface area contributed by atoms with Gasteiger partial charge in [0.2, 0.25) is 0 Å². The molecule has 0 aliphatic rings. The van der Waals surface area contributed by atoms with Crippen molar-refractivity contribution in [3.8, 4) is 0 Å². The molecule has 3 rings (SSSR count). The zero-order valence-corrected chi connectivity index (χ0v) is 13.3. The molecule has 0 saturated heterocycles. The number of halogens is 2. The maximum atomic E-state index is 13.6. The van der Waals surface area contributed by atoms with Crippen LogP contribution in [0.25, 0.3) is 11.1 Å². The van der Waals surface area contributed by atoms with E-state index < -0.39 is 11.6 Å². The second kappa shape index (κ2) is 6.39. The van der Waals surface area contributed by atoms with Crippen molar-refractivity contribution in [2.75, 3.05) is 0 Å². The molecule has 0 aliphatic heterocycles. The van der Waals surface area contributed by atoms with Crippen LogP contribution in [0.5, 0.6) is 0 Å². The van der Waals surface area contributed by atoms with Crippen molar-refractivity contribution in [1.82, 2.24) is 10.3 Å². The molecule has 0 radical (unpaired) electrons.